The zero-order valence-corrected chi connectivity index (χ0v) is 10.3. The van der Waals surface area contributed by atoms with Gasteiger partial charge in [-0.3, -0.25) is 0 Å². The molecule has 0 bridgehead atoms. The maximum absolute atomic E-state index is 10.8. The average molecular weight is 240 g/mol. The molecule has 0 spiro atoms. The Hall–Kier alpha value is -1.75. The molecule has 0 amide bonds. The summed E-state index contributed by atoms with van der Waals surface area (Å²) >= 11 is 0. The Bertz CT molecular complexity index is 439. The van der Waals surface area contributed by atoms with Crippen LogP contribution in [-0.2, 0) is 4.79 Å². The molecule has 5 nitrogen and oxygen atoms in total. The van der Waals surface area contributed by atoms with Crippen LogP contribution < -0.4 is 9.47 Å². The molecule has 1 aromatic rings. The molecule has 94 valence electrons. The van der Waals surface area contributed by atoms with Gasteiger partial charge in [0.2, 0.25) is 0 Å². The van der Waals surface area contributed by atoms with Gasteiger partial charge in [-0.15, -0.1) is 0 Å². The molecule has 0 saturated heterocycles. The molecule has 1 atom stereocenters. The standard InChI is InChI=1S/C12H16O5/c1-6-5-8(9(13)12(14)15)11(17-4)10(16-3)7(6)2/h5,9,13H,1-4H3,(H,14,15). The van der Waals surface area contributed by atoms with Gasteiger partial charge >= 0.3 is 5.97 Å². The van der Waals surface area contributed by atoms with Gasteiger partial charge in [-0.25, -0.2) is 4.79 Å². The van der Waals surface area contributed by atoms with E-state index in [4.69, 9.17) is 14.6 Å². The number of benzene rings is 1. The van der Waals surface area contributed by atoms with E-state index in [-0.39, 0.29) is 11.3 Å². The van der Waals surface area contributed by atoms with Gasteiger partial charge in [-0.2, -0.15) is 0 Å². The van der Waals surface area contributed by atoms with E-state index in [9.17, 15) is 9.90 Å². The number of carboxylic acids is 1. The second kappa shape index (κ2) is 5.05. The zero-order valence-electron chi connectivity index (χ0n) is 10.3. The lowest BCUT2D eigenvalue weighted by Gasteiger charge is -2.18. The summed E-state index contributed by atoms with van der Waals surface area (Å²) in [5.41, 5.74) is 1.88. The van der Waals surface area contributed by atoms with Crippen LogP contribution in [0.3, 0.4) is 0 Å². The number of rotatable bonds is 4. The van der Waals surface area contributed by atoms with E-state index in [1.54, 1.807) is 6.07 Å². The van der Waals surface area contributed by atoms with Gasteiger partial charge in [-0.1, -0.05) is 0 Å². The van der Waals surface area contributed by atoms with E-state index in [1.807, 2.05) is 13.8 Å². The normalized spacial score (nSPS) is 12.1. The minimum Gasteiger partial charge on any atom is -0.493 e. The Kier molecular flexibility index (Phi) is 3.96. The Morgan fingerprint density at radius 1 is 1.24 bits per heavy atom. The summed E-state index contributed by atoms with van der Waals surface area (Å²) in [6.45, 7) is 3.66. The molecule has 0 radical (unpaired) electrons. The highest BCUT2D eigenvalue weighted by molar-refractivity contribution is 5.76. The number of carboxylic acid groups (broad SMARTS) is 1. The summed E-state index contributed by atoms with van der Waals surface area (Å²) in [5.74, 6) is -0.623. The molecule has 1 rings (SSSR count). The number of aryl methyl sites for hydroxylation is 1. The van der Waals surface area contributed by atoms with Crippen LogP contribution in [0.2, 0.25) is 0 Å². The van der Waals surface area contributed by atoms with Crippen LogP contribution >= 0.6 is 0 Å². The number of carbonyl (C=O) groups is 1. The highest BCUT2D eigenvalue weighted by Gasteiger charge is 2.25. The second-order valence-corrected chi connectivity index (χ2v) is 3.71. The number of hydrogen-bond donors (Lipinski definition) is 2. The summed E-state index contributed by atoms with van der Waals surface area (Å²) in [6.07, 6.45) is -1.63. The first-order valence-electron chi connectivity index (χ1n) is 5.07. The molecular formula is C12H16O5. The van der Waals surface area contributed by atoms with Crippen molar-refractivity contribution >= 4 is 5.97 Å². The maximum Gasteiger partial charge on any atom is 0.337 e. The van der Waals surface area contributed by atoms with Crippen LogP contribution in [0.4, 0.5) is 0 Å². The predicted molar refractivity (Wildman–Crippen MR) is 61.6 cm³/mol. The van der Waals surface area contributed by atoms with Crippen molar-refractivity contribution in [3.63, 3.8) is 0 Å². The third-order valence-electron chi connectivity index (χ3n) is 2.71. The SMILES string of the molecule is COc1c(C(O)C(=O)O)cc(C)c(C)c1OC. The molecule has 0 aromatic heterocycles. The Balaban J connectivity index is 3.49. The first kappa shape index (κ1) is 13.3. The smallest absolute Gasteiger partial charge is 0.337 e. The van der Waals surface area contributed by atoms with Crippen molar-refractivity contribution < 1.29 is 24.5 Å². The lowest BCUT2D eigenvalue weighted by Crippen LogP contribution is -2.13. The third kappa shape index (κ3) is 2.34. The number of hydrogen-bond acceptors (Lipinski definition) is 4. The molecule has 0 aliphatic rings. The number of ether oxygens (including phenoxy) is 2. The maximum atomic E-state index is 10.8. The average Bonchev–Trinajstić information content (AvgIpc) is 2.30. The summed E-state index contributed by atoms with van der Waals surface area (Å²) in [4.78, 5) is 10.8. The molecule has 1 aromatic carbocycles. The lowest BCUT2D eigenvalue weighted by molar-refractivity contribution is -0.147. The molecular weight excluding hydrogens is 224 g/mol. The van der Waals surface area contributed by atoms with E-state index < -0.39 is 12.1 Å². The molecule has 0 heterocycles. The first-order chi connectivity index (χ1) is 7.93. The number of methoxy groups -OCH3 is 2. The molecule has 0 aliphatic carbocycles. The van der Waals surface area contributed by atoms with Gasteiger partial charge < -0.3 is 19.7 Å². The summed E-state index contributed by atoms with van der Waals surface area (Å²) in [7, 11) is 2.88. The van der Waals surface area contributed by atoms with E-state index >= 15 is 0 Å². The van der Waals surface area contributed by atoms with Crippen LogP contribution in [0.5, 0.6) is 11.5 Å². The summed E-state index contributed by atoms with van der Waals surface area (Å²) in [5, 5.41) is 18.4. The van der Waals surface area contributed by atoms with Crippen LogP contribution in [0.1, 0.15) is 22.8 Å². The number of aliphatic hydroxyl groups excluding tert-OH is 1. The van der Waals surface area contributed by atoms with E-state index in [1.165, 1.54) is 14.2 Å². The monoisotopic (exact) mass is 240 g/mol. The topological polar surface area (TPSA) is 76.0 Å². The van der Waals surface area contributed by atoms with Crippen LogP contribution in [0, 0.1) is 13.8 Å². The van der Waals surface area contributed by atoms with Crippen molar-refractivity contribution in [3.8, 4) is 11.5 Å². The van der Waals surface area contributed by atoms with Gasteiger partial charge in [-0.05, 0) is 31.0 Å². The third-order valence-corrected chi connectivity index (χ3v) is 2.71. The van der Waals surface area contributed by atoms with Gasteiger partial charge in [0.1, 0.15) is 0 Å². The first-order valence-corrected chi connectivity index (χ1v) is 5.07. The highest BCUT2D eigenvalue weighted by atomic mass is 16.5. The highest BCUT2D eigenvalue weighted by Crippen LogP contribution is 2.39. The fraction of sp³-hybridized carbons (Fsp3) is 0.417. The van der Waals surface area contributed by atoms with Crippen LogP contribution in [0.25, 0.3) is 0 Å². The predicted octanol–water partition coefficient (Wildman–Crippen LogP) is 1.44. The van der Waals surface area contributed by atoms with Gasteiger partial charge in [0.05, 0.1) is 14.2 Å². The fourth-order valence-electron chi connectivity index (χ4n) is 1.68. The van der Waals surface area contributed by atoms with Gasteiger partial charge in [0.25, 0.3) is 0 Å². The van der Waals surface area contributed by atoms with Crippen molar-refractivity contribution in [3.05, 3.63) is 22.8 Å². The van der Waals surface area contributed by atoms with E-state index in [0.29, 0.717) is 5.75 Å². The minimum absolute atomic E-state index is 0.194. The van der Waals surface area contributed by atoms with Crippen molar-refractivity contribution in [2.24, 2.45) is 0 Å². The molecule has 1 unspecified atom stereocenters. The Labute approximate surface area is 99.6 Å². The van der Waals surface area contributed by atoms with Crippen molar-refractivity contribution in [1.82, 2.24) is 0 Å². The number of aliphatic carboxylic acids is 1. The van der Waals surface area contributed by atoms with Crippen molar-refractivity contribution in [2.75, 3.05) is 14.2 Å². The summed E-state index contributed by atoms with van der Waals surface area (Å²) in [6, 6.07) is 1.59. The molecule has 0 saturated carbocycles. The Morgan fingerprint density at radius 2 is 1.76 bits per heavy atom. The quantitative estimate of drug-likeness (QED) is 0.832. The molecule has 17 heavy (non-hydrogen) atoms. The molecule has 2 N–H and O–H groups in total. The summed E-state index contributed by atoms with van der Waals surface area (Å²) < 4.78 is 10.3. The van der Waals surface area contributed by atoms with Crippen molar-refractivity contribution in [1.29, 1.82) is 0 Å². The number of aliphatic hydroxyl groups is 1. The van der Waals surface area contributed by atoms with Crippen LogP contribution in [0.15, 0.2) is 6.07 Å². The zero-order chi connectivity index (χ0) is 13.2. The van der Waals surface area contributed by atoms with E-state index in [2.05, 4.69) is 0 Å². The molecule has 0 fully saturated rings. The lowest BCUT2D eigenvalue weighted by atomic mass is 10.00. The molecule has 0 aliphatic heterocycles. The minimum atomic E-state index is -1.63. The second-order valence-electron chi connectivity index (χ2n) is 3.71. The molecule has 5 heteroatoms. The Morgan fingerprint density at radius 3 is 2.18 bits per heavy atom. The van der Waals surface area contributed by atoms with Crippen LogP contribution in [-0.4, -0.2) is 30.4 Å². The largest absolute Gasteiger partial charge is 0.493 e. The van der Waals surface area contributed by atoms with Gasteiger partial charge in [0, 0.05) is 5.56 Å². The van der Waals surface area contributed by atoms with E-state index in [0.717, 1.165) is 11.1 Å². The van der Waals surface area contributed by atoms with Crippen molar-refractivity contribution in [2.45, 2.75) is 20.0 Å². The fourth-order valence-corrected chi connectivity index (χ4v) is 1.68. The van der Waals surface area contributed by atoms with Gasteiger partial charge in [0.15, 0.2) is 17.6 Å².